The molecule has 0 fully saturated rings. The van der Waals surface area contributed by atoms with Crippen molar-refractivity contribution in [1.29, 1.82) is 0 Å². The van der Waals surface area contributed by atoms with E-state index in [4.69, 9.17) is 15.5 Å². The second kappa shape index (κ2) is 11.2. The van der Waals surface area contributed by atoms with Crippen molar-refractivity contribution >= 4 is 28.9 Å². The molecule has 0 atom stereocenters. The van der Waals surface area contributed by atoms with E-state index in [0.29, 0.717) is 13.1 Å². The van der Waals surface area contributed by atoms with Crippen molar-refractivity contribution in [3.05, 3.63) is 60.3 Å². The molecular formula is C27H33N7O2. The zero-order valence-corrected chi connectivity index (χ0v) is 21.3. The molecule has 2 N–H and O–H groups in total. The van der Waals surface area contributed by atoms with Gasteiger partial charge in [0.2, 0.25) is 11.9 Å². The van der Waals surface area contributed by atoms with Crippen LogP contribution in [0.5, 0.6) is 5.75 Å². The van der Waals surface area contributed by atoms with Crippen molar-refractivity contribution in [2.45, 2.75) is 6.42 Å². The van der Waals surface area contributed by atoms with Gasteiger partial charge < -0.3 is 25.2 Å². The Morgan fingerprint density at radius 1 is 1.08 bits per heavy atom. The second-order valence-electron chi connectivity index (χ2n) is 9.17. The van der Waals surface area contributed by atoms with Crippen LogP contribution >= 0.6 is 0 Å². The highest BCUT2D eigenvalue weighted by Gasteiger charge is 2.22. The van der Waals surface area contributed by atoms with Gasteiger partial charge in [0.25, 0.3) is 0 Å². The van der Waals surface area contributed by atoms with Crippen molar-refractivity contribution in [3.63, 3.8) is 0 Å². The third-order valence-electron chi connectivity index (χ3n) is 6.15. The van der Waals surface area contributed by atoms with Gasteiger partial charge >= 0.3 is 0 Å². The van der Waals surface area contributed by atoms with Gasteiger partial charge in [0, 0.05) is 55.8 Å². The van der Waals surface area contributed by atoms with E-state index in [1.807, 2.05) is 63.6 Å². The first-order valence-electron chi connectivity index (χ1n) is 11.9. The molecule has 188 valence electrons. The summed E-state index contributed by atoms with van der Waals surface area (Å²) in [6.45, 7) is 2.26. The summed E-state index contributed by atoms with van der Waals surface area (Å²) in [7, 11) is 7.49. The molecule has 9 nitrogen and oxygen atoms in total. The van der Waals surface area contributed by atoms with Gasteiger partial charge in [0.15, 0.2) is 0 Å². The number of fused-ring (bicyclic) bond motifs is 1. The third-order valence-corrected chi connectivity index (χ3v) is 6.15. The molecule has 0 saturated heterocycles. The molecule has 2 heterocycles. The van der Waals surface area contributed by atoms with Gasteiger partial charge in [0.1, 0.15) is 5.75 Å². The van der Waals surface area contributed by atoms with Gasteiger partial charge in [0.05, 0.1) is 31.6 Å². The number of nitrogens with two attached hydrogens (primary N) is 1. The SMILES string of the molecule is COc1cccc(N(CC(=O)N(C)CCN(C)C)CC2=Nc3cc(-c4ccnc(N)n4)ccc3C2)c1. The summed E-state index contributed by atoms with van der Waals surface area (Å²) in [5.74, 6) is 1.04. The van der Waals surface area contributed by atoms with Gasteiger partial charge in [-0.25, -0.2) is 9.97 Å². The largest absolute Gasteiger partial charge is 0.497 e. The number of rotatable bonds is 10. The summed E-state index contributed by atoms with van der Waals surface area (Å²) < 4.78 is 5.43. The minimum Gasteiger partial charge on any atom is -0.497 e. The number of carbonyl (C=O) groups excluding carboxylic acids is 1. The van der Waals surface area contributed by atoms with Crippen LogP contribution in [-0.2, 0) is 11.2 Å². The Morgan fingerprint density at radius 3 is 2.67 bits per heavy atom. The Morgan fingerprint density at radius 2 is 1.92 bits per heavy atom. The molecule has 0 radical (unpaired) electrons. The number of nitrogens with zero attached hydrogens (tertiary/aromatic N) is 6. The number of methoxy groups -OCH3 is 1. The van der Waals surface area contributed by atoms with E-state index in [9.17, 15) is 4.79 Å². The van der Waals surface area contributed by atoms with E-state index in [0.717, 1.165) is 52.6 Å². The Labute approximate surface area is 212 Å². The Kier molecular flexibility index (Phi) is 7.80. The van der Waals surface area contributed by atoms with Crippen molar-refractivity contribution in [3.8, 4) is 17.0 Å². The number of hydrogen-bond donors (Lipinski definition) is 1. The van der Waals surface area contributed by atoms with Gasteiger partial charge in [-0.2, -0.15) is 0 Å². The normalized spacial score (nSPS) is 12.3. The van der Waals surface area contributed by atoms with Gasteiger partial charge in [-0.15, -0.1) is 0 Å². The monoisotopic (exact) mass is 487 g/mol. The Bertz CT molecular complexity index is 1260. The van der Waals surface area contributed by atoms with Crippen molar-refractivity contribution in [2.24, 2.45) is 4.99 Å². The molecule has 36 heavy (non-hydrogen) atoms. The molecular weight excluding hydrogens is 454 g/mol. The molecule has 1 aliphatic rings. The van der Waals surface area contributed by atoms with Crippen LogP contribution < -0.4 is 15.4 Å². The molecule has 1 aromatic heterocycles. The van der Waals surface area contributed by atoms with Crippen LogP contribution in [0.1, 0.15) is 5.56 Å². The minimum atomic E-state index is 0.0550. The fourth-order valence-corrected chi connectivity index (χ4v) is 4.06. The molecule has 1 amide bonds. The van der Waals surface area contributed by atoms with Gasteiger partial charge in [-0.3, -0.25) is 9.79 Å². The lowest BCUT2D eigenvalue weighted by Gasteiger charge is -2.28. The van der Waals surface area contributed by atoms with Crippen molar-refractivity contribution < 1.29 is 9.53 Å². The number of anilines is 2. The molecule has 4 rings (SSSR count). The summed E-state index contributed by atoms with van der Waals surface area (Å²) >= 11 is 0. The van der Waals surface area contributed by atoms with Crippen LogP contribution in [0.25, 0.3) is 11.3 Å². The highest BCUT2D eigenvalue weighted by atomic mass is 16.5. The fraction of sp³-hybridized carbons (Fsp3) is 0.333. The summed E-state index contributed by atoms with van der Waals surface area (Å²) in [4.78, 5) is 32.2. The third kappa shape index (κ3) is 6.17. The van der Waals surface area contributed by atoms with Crippen LogP contribution in [0.2, 0.25) is 0 Å². The number of ether oxygens (including phenoxy) is 1. The number of hydrogen-bond acceptors (Lipinski definition) is 8. The van der Waals surface area contributed by atoms with E-state index >= 15 is 0 Å². The van der Waals surface area contributed by atoms with Crippen molar-refractivity contribution in [2.75, 3.05) is 65.1 Å². The first-order chi connectivity index (χ1) is 17.3. The first kappa shape index (κ1) is 25.1. The summed E-state index contributed by atoms with van der Waals surface area (Å²) in [5, 5.41) is 0. The van der Waals surface area contributed by atoms with E-state index in [1.165, 1.54) is 0 Å². The quantitative estimate of drug-likeness (QED) is 0.469. The molecule has 0 bridgehead atoms. The standard InChI is InChI=1S/C27H33N7O2/c1-32(2)12-13-33(3)26(35)18-34(22-6-5-7-23(16-22)36-4)17-21-14-19-8-9-20(15-25(19)30-21)24-10-11-29-27(28)31-24/h5-11,15-16H,12-14,17-18H2,1-4H3,(H2,28,29,31). The minimum absolute atomic E-state index is 0.0550. The number of aliphatic imine (C=N–C) groups is 1. The predicted octanol–water partition coefficient (Wildman–Crippen LogP) is 2.89. The molecule has 0 saturated carbocycles. The number of aromatic nitrogens is 2. The summed E-state index contributed by atoms with van der Waals surface area (Å²) in [5.41, 5.74) is 11.4. The summed E-state index contributed by atoms with van der Waals surface area (Å²) in [6, 6.07) is 15.8. The number of amides is 1. The zero-order valence-electron chi connectivity index (χ0n) is 21.3. The van der Waals surface area contributed by atoms with E-state index in [1.54, 1.807) is 18.2 Å². The second-order valence-corrected chi connectivity index (χ2v) is 9.17. The maximum absolute atomic E-state index is 13.1. The molecule has 3 aromatic rings. The number of carbonyl (C=O) groups is 1. The number of likely N-dealkylation sites (N-methyl/N-ethyl adjacent to an activating group) is 2. The van der Waals surface area contributed by atoms with Crippen LogP contribution in [0, 0.1) is 0 Å². The topological polar surface area (TPSA) is 100 Å². The van der Waals surface area contributed by atoms with E-state index in [2.05, 4.69) is 25.8 Å². The predicted molar refractivity (Wildman–Crippen MR) is 144 cm³/mol. The highest BCUT2D eigenvalue weighted by Crippen LogP contribution is 2.32. The average Bonchev–Trinajstić information content (AvgIpc) is 3.28. The Balaban J connectivity index is 1.55. The van der Waals surface area contributed by atoms with Crippen LogP contribution in [0.4, 0.5) is 17.3 Å². The number of benzene rings is 2. The van der Waals surface area contributed by atoms with Crippen LogP contribution in [0.15, 0.2) is 59.7 Å². The summed E-state index contributed by atoms with van der Waals surface area (Å²) in [6.07, 6.45) is 2.38. The maximum atomic E-state index is 13.1. The molecule has 0 unspecified atom stereocenters. The van der Waals surface area contributed by atoms with Crippen LogP contribution in [-0.4, -0.2) is 85.8 Å². The lowest BCUT2D eigenvalue weighted by Crippen LogP contribution is -2.42. The lowest BCUT2D eigenvalue weighted by molar-refractivity contribution is -0.128. The zero-order chi connectivity index (χ0) is 25.7. The van der Waals surface area contributed by atoms with Crippen LogP contribution in [0.3, 0.4) is 0 Å². The van der Waals surface area contributed by atoms with E-state index in [-0.39, 0.29) is 18.4 Å². The molecule has 2 aromatic carbocycles. The lowest BCUT2D eigenvalue weighted by atomic mass is 10.0. The smallest absolute Gasteiger partial charge is 0.241 e. The molecule has 9 heteroatoms. The molecule has 1 aliphatic heterocycles. The Hall–Kier alpha value is -3.98. The maximum Gasteiger partial charge on any atom is 0.241 e. The molecule has 0 aliphatic carbocycles. The van der Waals surface area contributed by atoms with Crippen molar-refractivity contribution in [1.82, 2.24) is 19.8 Å². The van der Waals surface area contributed by atoms with Gasteiger partial charge in [-0.1, -0.05) is 18.2 Å². The van der Waals surface area contributed by atoms with Gasteiger partial charge in [-0.05, 0) is 43.9 Å². The first-order valence-corrected chi connectivity index (χ1v) is 11.9. The highest BCUT2D eigenvalue weighted by molar-refractivity contribution is 5.98. The molecule has 0 spiro atoms. The average molecular weight is 488 g/mol. The number of nitrogen functional groups attached to an aromatic ring is 1. The fourth-order valence-electron chi connectivity index (χ4n) is 4.06. The van der Waals surface area contributed by atoms with E-state index < -0.39 is 0 Å².